The van der Waals surface area contributed by atoms with Gasteiger partial charge in [0.2, 0.25) is 0 Å². The Morgan fingerprint density at radius 1 is 1.00 bits per heavy atom. The molecule has 0 bridgehead atoms. The summed E-state index contributed by atoms with van der Waals surface area (Å²) in [7, 11) is 0. The molecule has 1 aromatic carbocycles. The van der Waals surface area contributed by atoms with E-state index in [1.165, 1.54) is 0 Å². The minimum absolute atomic E-state index is 0.0714. The number of esters is 1. The molecule has 48 heavy (non-hydrogen) atoms. The van der Waals surface area contributed by atoms with Crippen LogP contribution in [0, 0.1) is 52.3 Å². The Bertz CT molecular complexity index is 1370. The van der Waals surface area contributed by atoms with E-state index >= 15 is 0 Å². The number of nitrogens with zero attached hydrogens (tertiary/aromatic N) is 1. The van der Waals surface area contributed by atoms with Crippen molar-refractivity contribution in [3.05, 3.63) is 35.9 Å². The van der Waals surface area contributed by atoms with Crippen LogP contribution in [0.3, 0.4) is 0 Å². The topological polar surface area (TPSA) is 65.1 Å². The van der Waals surface area contributed by atoms with Crippen molar-refractivity contribution in [3.63, 3.8) is 0 Å². The highest BCUT2D eigenvalue weighted by atomic mass is 35.5. The molecule has 0 unspecified atom stereocenters. The SMILES string of the molecule is C[C@@H]1CC[C@@]2(OC1)O[C@H]1C[C@H]3[C@@H]4CC[C@H]5C[C@@H](OC(=O)/C=C/c6ccc(N(CCCl)CCCl)cc6)CC[C@]5(C)[C@H]4CC(=O)[C@]3(C)[C@H]1[C@@H]2C. The van der Waals surface area contributed by atoms with Gasteiger partial charge >= 0.3 is 5.97 Å². The average molecular weight is 701 g/mol. The lowest BCUT2D eigenvalue weighted by molar-refractivity contribution is -0.272. The van der Waals surface area contributed by atoms with Gasteiger partial charge in [-0.1, -0.05) is 39.8 Å². The number of benzene rings is 1. The lowest BCUT2D eigenvalue weighted by Crippen LogP contribution is -2.58. The van der Waals surface area contributed by atoms with Crippen LogP contribution in [0.15, 0.2) is 30.3 Å². The van der Waals surface area contributed by atoms with Gasteiger partial charge in [0.1, 0.15) is 11.9 Å². The summed E-state index contributed by atoms with van der Waals surface area (Å²) < 4.78 is 19.4. The highest BCUT2D eigenvalue weighted by molar-refractivity contribution is 6.18. The summed E-state index contributed by atoms with van der Waals surface area (Å²) in [6, 6.07) is 8.08. The number of carbonyl (C=O) groups is 2. The molecule has 0 radical (unpaired) electrons. The third-order valence-corrected chi connectivity index (χ3v) is 14.8. The Balaban J connectivity index is 0.971. The Hall–Kier alpha value is -1.60. The minimum Gasteiger partial charge on any atom is -0.459 e. The fourth-order valence-corrected chi connectivity index (χ4v) is 12.2. The molecule has 0 aromatic heterocycles. The van der Waals surface area contributed by atoms with E-state index in [2.05, 4.69) is 32.6 Å². The van der Waals surface area contributed by atoms with Crippen LogP contribution in [-0.4, -0.2) is 61.2 Å². The first-order chi connectivity index (χ1) is 23.0. The quantitative estimate of drug-likeness (QED) is 0.154. The lowest BCUT2D eigenvalue weighted by atomic mass is 9.44. The van der Waals surface area contributed by atoms with Crippen LogP contribution in [0.1, 0.15) is 91.0 Å². The number of fused-ring (bicyclic) bond motifs is 7. The number of hydrogen-bond donors (Lipinski definition) is 0. The lowest BCUT2D eigenvalue weighted by Gasteiger charge is -2.60. The van der Waals surface area contributed by atoms with Gasteiger partial charge in [-0.25, -0.2) is 4.79 Å². The maximum absolute atomic E-state index is 14.4. The zero-order valence-corrected chi connectivity index (χ0v) is 30.8. The number of ether oxygens (including phenoxy) is 3. The summed E-state index contributed by atoms with van der Waals surface area (Å²) in [6.45, 7) is 11.5. The number of ketones is 1. The van der Waals surface area contributed by atoms with E-state index in [9.17, 15) is 9.59 Å². The van der Waals surface area contributed by atoms with Gasteiger partial charge in [-0.2, -0.15) is 0 Å². The molecule has 4 aliphatic carbocycles. The monoisotopic (exact) mass is 699 g/mol. The predicted octanol–water partition coefficient (Wildman–Crippen LogP) is 8.52. The van der Waals surface area contributed by atoms with Crippen LogP contribution < -0.4 is 4.90 Å². The van der Waals surface area contributed by atoms with E-state index in [1.807, 2.05) is 30.3 Å². The molecule has 6 nitrogen and oxygen atoms in total. The van der Waals surface area contributed by atoms with Gasteiger partial charge in [-0.15, -0.1) is 23.2 Å². The van der Waals surface area contributed by atoms with Crippen LogP contribution in [0.5, 0.6) is 0 Å². The Kier molecular flexibility index (Phi) is 9.80. The van der Waals surface area contributed by atoms with E-state index in [0.29, 0.717) is 53.6 Å². The van der Waals surface area contributed by atoms with Gasteiger partial charge in [0.05, 0.1) is 12.7 Å². The number of rotatable bonds is 8. The van der Waals surface area contributed by atoms with Crippen molar-refractivity contribution in [2.24, 2.45) is 52.3 Å². The molecule has 2 saturated heterocycles. The molecule has 2 heterocycles. The largest absolute Gasteiger partial charge is 0.459 e. The number of carbonyl (C=O) groups excluding carboxylic acids is 2. The molecule has 264 valence electrons. The Morgan fingerprint density at radius 2 is 1.75 bits per heavy atom. The van der Waals surface area contributed by atoms with Crippen LogP contribution in [0.4, 0.5) is 5.69 Å². The second-order valence-corrected chi connectivity index (χ2v) is 17.4. The summed E-state index contributed by atoms with van der Waals surface area (Å²) >= 11 is 11.9. The number of alkyl halides is 2. The second kappa shape index (κ2) is 13.5. The first-order valence-electron chi connectivity index (χ1n) is 18.7. The molecule has 7 rings (SSSR count). The van der Waals surface area contributed by atoms with Crippen molar-refractivity contribution >= 4 is 46.7 Å². The first-order valence-corrected chi connectivity index (χ1v) is 19.8. The molecule has 6 fully saturated rings. The van der Waals surface area contributed by atoms with Gasteiger partial charge in [-0.3, -0.25) is 4.79 Å². The summed E-state index contributed by atoms with van der Waals surface area (Å²) in [6.07, 6.45) is 12.3. The van der Waals surface area contributed by atoms with Gasteiger partial charge in [-0.05, 0) is 104 Å². The predicted molar refractivity (Wildman–Crippen MR) is 191 cm³/mol. The molecular formula is C40H55Cl2NO5. The molecule has 0 N–H and O–H groups in total. The van der Waals surface area contributed by atoms with E-state index in [-0.39, 0.29) is 40.8 Å². The zero-order chi connectivity index (χ0) is 33.8. The van der Waals surface area contributed by atoms with Gasteiger partial charge in [0.25, 0.3) is 0 Å². The molecule has 0 amide bonds. The molecule has 2 aliphatic heterocycles. The standard InChI is InChI=1S/C40H55Cl2NO5/c1-25-13-16-40(46-24-25)26(2)37-34(48-40)22-33-31-11-8-28-21-30(14-15-38(28,3)32(31)23-35(44)39(33,37)4)47-36(45)12-7-27-5-9-29(10-6-27)43(19-17-41)20-18-42/h5-7,9-10,12,25-26,28,30-34,37H,8,11,13-24H2,1-4H3/b12-7+/t25-,26+,28+,30+,31-,32+,33+,34+,37+,38+,39-,40-/m1/s1. The third-order valence-electron chi connectivity index (χ3n) is 14.4. The van der Waals surface area contributed by atoms with Crippen molar-refractivity contribution < 1.29 is 23.8 Å². The summed E-state index contributed by atoms with van der Waals surface area (Å²) in [4.78, 5) is 29.5. The van der Waals surface area contributed by atoms with Crippen LogP contribution >= 0.6 is 23.2 Å². The first kappa shape index (κ1) is 34.8. The number of Topliss-reactive ketones (excluding diaryl/α,β-unsaturated/α-hetero) is 1. The fraction of sp³-hybridized carbons (Fsp3) is 0.750. The minimum atomic E-state index is -0.497. The van der Waals surface area contributed by atoms with Crippen LogP contribution in [0.2, 0.25) is 0 Å². The van der Waals surface area contributed by atoms with Crippen molar-refractivity contribution in [1.29, 1.82) is 0 Å². The maximum Gasteiger partial charge on any atom is 0.331 e. The van der Waals surface area contributed by atoms with Crippen molar-refractivity contribution in [2.75, 3.05) is 36.4 Å². The molecule has 1 aromatic rings. The van der Waals surface area contributed by atoms with E-state index in [1.54, 1.807) is 6.08 Å². The van der Waals surface area contributed by atoms with E-state index < -0.39 is 5.79 Å². The van der Waals surface area contributed by atoms with Crippen LogP contribution in [0.25, 0.3) is 6.08 Å². The van der Waals surface area contributed by atoms with Crippen LogP contribution in [-0.2, 0) is 23.8 Å². The molecule has 6 aliphatic rings. The molecular weight excluding hydrogens is 645 g/mol. The molecule has 1 spiro atoms. The van der Waals surface area contributed by atoms with Crippen molar-refractivity contribution in [1.82, 2.24) is 0 Å². The molecule has 8 heteroatoms. The zero-order valence-electron chi connectivity index (χ0n) is 29.3. The smallest absolute Gasteiger partial charge is 0.331 e. The Labute approximate surface area is 297 Å². The third kappa shape index (κ3) is 5.87. The molecule has 4 saturated carbocycles. The summed E-state index contributed by atoms with van der Waals surface area (Å²) in [5, 5.41) is 0. The summed E-state index contributed by atoms with van der Waals surface area (Å²) in [5.74, 6) is 3.65. The van der Waals surface area contributed by atoms with E-state index in [4.69, 9.17) is 37.4 Å². The van der Waals surface area contributed by atoms with Gasteiger partial charge in [0.15, 0.2) is 5.79 Å². The molecule has 12 atom stereocenters. The second-order valence-electron chi connectivity index (χ2n) is 16.7. The average Bonchev–Trinajstić information content (AvgIpc) is 3.52. The van der Waals surface area contributed by atoms with Gasteiger partial charge < -0.3 is 19.1 Å². The normalized spacial score (nSPS) is 43.5. The number of anilines is 1. The van der Waals surface area contributed by atoms with E-state index in [0.717, 1.165) is 82.3 Å². The fourth-order valence-electron chi connectivity index (χ4n) is 11.8. The van der Waals surface area contributed by atoms with Crippen molar-refractivity contribution in [3.8, 4) is 0 Å². The maximum atomic E-state index is 14.4. The highest BCUT2D eigenvalue weighted by Gasteiger charge is 2.71. The van der Waals surface area contributed by atoms with Crippen molar-refractivity contribution in [2.45, 2.75) is 103 Å². The highest BCUT2D eigenvalue weighted by Crippen LogP contribution is 2.70. The number of hydrogen-bond acceptors (Lipinski definition) is 6. The number of halogens is 2. The Morgan fingerprint density at radius 3 is 2.44 bits per heavy atom. The summed E-state index contributed by atoms with van der Waals surface area (Å²) in [5.41, 5.74) is 1.80. The van der Waals surface area contributed by atoms with Gasteiger partial charge in [0, 0.05) is 66.7 Å².